The number of aliphatic hydroxyl groups excluding tert-OH is 1. The van der Waals surface area contributed by atoms with Gasteiger partial charge in [-0.1, -0.05) is 15.9 Å². The molecule has 17 heavy (non-hydrogen) atoms. The van der Waals surface area contributed by atoms with Gasteiger partial charge in [0.2, 0.25) is 0 Å². The van der Waals surface area contributed by atoms with Crippen molar-refractivity contribution in [2.75, 3.05) is 11.5 Å². The number of rotatable bonds is 0. The maximum absolute atomic E-state index is 10.3. The van der Waals surface area contributed by atoms with Crippen molar-refractivity contribution in [3.05, 3.63) is 28.2 Å². The lowest BCUT2D eigenvalue weighted by Crippen LogP contribution is -2.45. The predicted molar refractivity (Wildman–Crippen MR) is 73.6 cm³/mol. The lowest BCUT2D eigenvalue weighted by molar-refractivity contribution is -0.00557. The first-order valence-corrected chi connectivity index (χ1v) is 7.88. The van der Waals surface area contributed by atoms with E-state index in [4.69, 9.17) is 4.74 Å². The zero-order chi connectivity index (χ0) is 11.9. The molecule has 0 bridgehead atoms. The first-order valence-electron chi connectivity index (χ1n) is 5.93. The highest BCUT2D eigenvalue weighted by Gasteiger charge is 2.41. The molecule has 0 amide bonds. The van der Waals surface area contributed by atoms with Gasteiger partial charge in [-0.05, 0) is 36.8 Å². The van der Waals surface area contributed by atoms with Crippen LogP contribution in [0.2, 0.25) is 0 Å². The highest BCUT2D eigenvalue weighted by Crippen LogP contribution is 2.45. The van der Waals surface area contributed by atoms with Gasteiger partial charge in [0.05, 0.1) is 6.10 Å². The topological polar surface area (TPSA) is 29.5 Å². The molecule has 2 aliphatic rings. The molecule has 0 aliphatic carbocycles. The average Bonchev–Trinajstić information content (AvgIpc) is 2.31. The molecule has 2 nitrogen and oxygen atoms in total. The summed E-state index contributed by atoms with van der Waals surface area (Å²) in [7, 11) is 0. The van der Waals surface area contributed by atoms with Crippen molar-refractivity contribution in [2.45, 2.75) is 31.0 Å². The minimum Gasteiger partial charge on any atom is -0.486 e. The van der Waals surface area contributed by atoms with Gasteiger partial charge in [-0.25, -0.2) is 0 Å². The van der Waals surface area contributed by atoms with Crippen LogP contribution >= 0.6 is 27.7 Å². The van der Waals surface area contributed by atoms with E-state index in [0.717, 1.165) is 34.4 Å². The Balaban J connectivity index is 1.94. The number of benzene rings is 1. The van der Waals surface area contributed by atoms with Crippen LogP contribution in [0.25, 0.3) is 0 Å². The van der Waals surface area contributed by atoms with Crippen molar-refractivity contribution in [1.82, 2.24) is 0 Å². The fourth-order valence-corrected chi connectivity index (χ4v) is 4.24. The summed E-state index contributed by atoms with van der Waals surface area (Å²) in [5, 5.41) is 10.3. The Hall–Kier alpha value is -0.190. The van der Waals surface area contributed by atoms with Crippen molar-refractivity contribution in [1.29, 1.82) is 0 Å². The van der Waals surface area contributed by atoms with Crippen molar-refractivity contribution < 1.29 is 9.84 Å². The van der Waals surface area contributed by atoms with Crippen LogP contribution in [-0.4, -0.2) is 22.2 Å². The van der Waals surface area contributed by atoms with Gasteiger partial charge in [0, 0.05) is 22.2 Å². The zero-order valence-corrected chi connectivity index (χ0v) is 11.9. The van der Waals surface area contributed by atoms with Crippen molar-refractivity contribution in [3.8, 4) is 5.75 Å². The van der Waals surface area contributed by atoms with E-state index < -0.39 is 6.10 Å². The predicted octanol–water partition coefficient (Wildman–Crippen LogP) is 3.53. The first-order chi connectivity index (χ1) is 8.19. The van der Waals surface area contributed by atoms with E-state index in [1.54, 1.807) is 0 Å². The van der Waals surface area contributed by atoms with Crippen molar-refractivity contribution in [3.63, 3.8) is 0 Å². The Kier molecular flexibility index (Phi) is 3.13. The molecule has 2 aliphatic heterocycles. The van der Waals surface area contributed by atoms with E-state index in [-0.39, 0.29) is 5.60 Å². The highest BCUT2D eigenvalue weighted by molar-refractivity contribution is 9.10. The molecule has 1 N–H and O–H groups in total. The second-order valence-electron chi connectivity index (χ2n) is 4.84. The third-order valence-corrected chi connectivity index (χ3v) is 5.31. The van der Waals surface area contributed by atoms with Crippen LogP contribution in [0, 0.1) is 0 Å². The minimum absolute atomic E-state index is 0.136. The largest absolute Gasteiger partial charge is 0.486 e. The van der Waals surface area contributed by atoms with Crippen LogP contribution in [0.3, 0.4) is 0 Å². The molecule has 2 atom stereocenters. The summed E-state index contributed by atoms with van der Waals surface area (Å²) in [6, 6.07) is 5.90. The normalized spacial score (nSPS) is 32.0. The van der Waals surface area contributed by atoms with Gasteiger partial charge < -0.3 is 9.84 Å². The summed E-state index contributed by atoms with van der Waals surface area (Å²) < 4.78 is 7.18. The number of ether oxygens (including phenoxy) is 1. The van der Waals surface area contributed by atoms with Gasteiger partial charge in [0.25, 0.3) is 0 Å². The monoisotopic (exact) mass is 314 g/mol. The maximum atomic E-state index is 10.3. The van der Waals surface area contributed by atoms with E-state index in [1.807, 2.05) is 30.0 Å². The van der Waals surface area contributed by atoms with Gasteiger partial charge in [-0.3, -0.25) is 0 Å². The number of hydrogen-bond donors (Lipinski definition) is 1. The van der Waals surface area contributed by atoms with E-state index in [2.05, 4.69) is 15.9 Å². The van der Waals surface area contributed by atoms with Crippen LogP contribution in [0.5, 0.6) is 5.75 Å². The first kappa shape index (κ1) is 11.9. The fraction of sp³-hybridized carbons (Fsp3) is 0.538. The SMILES string of the molecule is O[C@H]1CC2(CCCSC2)Oc2ccc(Br)cc21. The lowest BCUT2D eigenvalue weighted by Gasteiger charge is -2.42. The molecule has 2 heterocycles. The molecular weight excluding hydrogens is 300 g/mol. The summed E-state index contributed by atoms with van der Waals surface area (Å²) in [6.45, 7) is 0. The van der Waals surface area contributed by atoms with E-state index in [9.17, 15) is 5.11 Å². The molecule has 1 unspecified atom stereocenters. The fourth-order valence-electron chi connectivity index (χ4n) is 2.68. The Morgan fingerprint density at radius 2 is 2.35 bits per heavy atom. The van der Waals surface area contributed by atoms with E-state index in [0.29, 0.717) is 0 Å². The Bertz CT molecular complexity index is 429. The number of thioether (sulfide) groups is 1. The lowest BCUT2D eigenvalue weighted by atomic mass is 9.86. The Labute approximate surface area is 114 Å². The van der Waals surface area contributed by atoms with Gasteiger partial charge in [0.15, 0.2) is 0 Å². The highest BCUT2D eigenvalue weighted by atomic mass is 79.9. The summed E-state index contributed by atoms with van der Waals surface area (Å²) >= 11 is 5.37. The molecule has 1 saturated heterocycles. The maximum Gasteiger partial charge on any atom is 0.126 e. The van der Waals surface area contributed by atoms with Crippen molar-refractivity contribution in [2.24, 2.45) is 0 Å². The third-order valence-electron chi connectivity index (χ3n) is 3.51. The Morgan fingerprint density at radius 3 is 3.12 bits per heavy atom. The minimum atomic E-state index is -0.394. The summed E-state index contributed by atoms with van der Waals surface area (Å²) in [4.78, 5) is 0. The second kappa shape index (κ2) is 4.48. The van der Waals surface area contributed by atoms with Gasteiger partial charge >= 0.3 is 0 Å². The Morgan fingerprint density at radius 1 is 1.47 bits per heavy atom. The van der Waals surface area contributed by atoms with Crippen LogP contribution in [0.15, 0.2) is 22.7 Å². The molecule has 1 aromatic rings. The molecule has 1 spiro atoms. The van der Waals surface area contributed by atoms with E-state index >= 15 is 0 Å². The molecule has 3 rings (SSSR count). The van der Waals surface area contributed by atoms with Crippen LogP contribution < -0.4 is 4.74 Å². The van der Waals surface area contributed by atoms with Gasteiger partial charge in [-0.15, -0.1) is 0 Å². The smallest absolute Gasteiger partial charge is 0.126 e. The molecule has 0 saturated carbocycles. The van der Waals surface area contributed by atoms with Gasteiger partial charge in [-0.2, -0.15) is 11.8 Å². The zero-order valence-electron chi connectivity index (χ0n) is 9.49. The third kappa shape index (κ3) is 2.23. The van der Waals surface area contributed by atoms with Crippen LogP contribution in [0.4, 0.5) is 0 Å². The molecule has 1 aromatic carbocycles. The molecule has 0 radical (unpaired) electrons. The van der Waals surface area contributed by atoms with Crippen molar-refractivity contribution >= 4 is 27.7 Å². The van der Waals surface area contributed by atoms with E-state index in [1.165, 1.54) is 12.2 Å². The molecule has 4 heteroatoms. The molecule has 92 valence electrons. The summed E-state index contributed by atoms with van der Waals surface area (Å²) in [5.41, 5.74) is 0.781. The number of hydrogen-bond acceptors (Lipinski definition) is 3. The quantitative estimate of drug-likeness (QED) is 0.794. The molecular formula is C13H15BrO2S. The van der Waals surface area contributed by atoms with Gasteiger partial charge in [0.1, 0.15) is 11.4 Å². The number of halogens is 1. The standard InChI is InChI=1S/C13H15BrO2S/c14-9-2-3-12-10(6-9)11(15)7-13(16-12)4-1-5-17-8-13/h2-3,6,11,15H,1,4-5,7-8H2/t11-,13?/m0/s1. The molecule has 0 aromatic heterocycles. The summed E-state index contributed by atoms with van der Waals surface area (Å²) in [6.07, 6.45) is 2.58. The number of aliphatic hydroxyl groups is 1. The van der Waals surface area contributed by atoms with Crippen LogP contribution in [-0.2, 0) is 0 Å². The average molecular weight is 315 g/mol. The van der Waals surface area contributed by atoms with Crippen LogP contribution in [0.1, 0.15) is 30.9 Å². The summed E-state index contributed by atoms with van der Waals surface area (Å²) in [5.74, 6) is 3.07. The second-order valence-corrected chi connectivity index (χ2v) is 6.86. The number of fused-ring (bicyclic) bond motifs is 1. The molecule has 1 fully saturated rings.